The molecule has 1 heteroatoms. The van der Waals surface area contributed by atoms with Gasteiger partial charge in [-0.15, -0.1) is 0 Å². The highest BCUT2D eigenvalue weighted by Crippen LogP contribution is 2.29. The molecule has 1 rings (SSSR count). The zero-order chi connectivity index (χ0) is 8.43. The number of rotatable bonds is 2. The van der Waals surface area contributed by atoms with Crippen LogP contribution in [0.5, 0.6) is 0 Å². The van der Waals surface area contributed by atoms with Gasteiger partial charge in [-0.3, -0.25) is 0 Å². The van der Waals surface area contributed by atoms with Crippen molar-refractivity contribution in [1.29, 1.82) is 0 Å². The van der Waals surface area contributed by atoms with E-state index in [2.05, 4.69) is 32.7 Å². The summed E-state index contributed by atoms with van der Waals surface area (Å²) in [5.41, 5.74) is 0. The molecule has 0 N–H and O–H groups in total. The van der Waals surface area contributed by atoms with Crippen LogP contribution in [0.15, 0.2) is 0 Å². The Morgan fingerprint density at radius 2 is 1.91 bits per heavy atom. The molecular formula is C10H21N. The Balaban J connectivity index is 2.45. The van der Waals surface area contributed by atoms with Crippen LogP contribution in [0.1, 0.15) is 40.0 Å². The maximum Gasteiger partial charge on any atom is 0.0120 e. The summed E-state index contributed by atoms with van der Waals surface area (Å²) >= 11 is 0. The Morgan fingerprint density at radius 1 is 1.27 bits per heavy atom. The Bertz CT molecular complexity index is 120. The maximum atomic E-state index is 2.53. The molecule has 2 atom stereocenters. The molecule has 0 aliphatic heterocycles. The molecule has 0 heterocycles. The molecule has 0 bridgehead atoms. The van der Waals surface area contributed by atoms with Crippen LogP contribution in [0.25, 0.3) is 0 Å². The highest BCUT2D eigenvalue weighted by atomic mass is 15.2. The first-order valence-electron chi connectivity index (χ1n) is 4.85. The molecule has 11 heavy (non-hydrogen) atoms. The van der Waals surface area contributed by atoms with Gasteiger partial charge in [0.2, 0.25) is 0 Å². The maximum absolute atomic E-state index is 2.53. The Hall–Kier alpha value is -0.0400. The van der Waals surface area contributed by atoms with Crippen molar-refractivity contribution in [1.82, 2.24) is 4.90 Å². The van der Waals surface area contributed by atoms with Gasteiger partial charge in [-0.25, -0.2) is 0 Å². The van der Waals surface area contributed by atoms with E-state index in [0.717, 1.165) is 12.0 Å². The summed E-state index contributed by atoms with van der Waals surface area (Å²) in [5, 5.41) is 0. The van der Waals surface area contributed by atoms with E-state index in [1.165, 1.54) is 19.3 Å². The molecule has 0 amide bonds. The quantitative estimate of drug-likeness (QED) is 0.592. The van der Waals surface area contributed by atoms with Gasteiger partial charge in [0.15, 0.2) is 0 Å². The van der Waals surface area contributed by atoms with Gasteiger partial charge in [0.1, 0.15) is 0 Å². The molecule has 1 saturated carbocycles. The Morgan fingerprint density at radius 3 is 2.27 bits per heavy atom. The molecule has 1 aliphatic carbocycles. The first kappa shape index (κ1) is 9.05. The van der Waals surface area contributed by atoms with Gasteiger partial charge in [-0.05, 0) is 39.7 Å². The second-order valence-electron chi connectivity index (χ2n) is 4.23. The van der Waals surface area contributed by atoms with Crippen LogP contribution in [0, 0.1) is 5.92 Å². The summed E-state index contributed by atoms with van der Waals surface area (Å²) in [5.74, 6) is 0.919. The third-order valence-electron chi connectivity index (χ3n) is 3.15. The van der Waals surface area contributed by atoms with E-state index in [4.69, 9.17) is 0 Å². The summed E-state index contributed by atoms with van der Waals surface area (Å²) in [7, 11) is 2.26. The Labute approximate surface area is 70.8 Å². The minimum absolute atomic E-state index is 0.709. The van der Waals surface area contributed by atoms with Gasteiger partial charge >= 0.3 is 0 Å². The normalized spacial score (nSPS) is 32.2. The second-order valence-corrected chi connectivity index (χ2v) is 4.23. The minimum Gasteiger partial charge on any atom is -0.301 e. The van der Waals surface area contributed by atoms with Gasteiger partial charge in [-0.2, -0.15) is 0 Å². The fourth-order valence-corrected chi connectivity index (χ4v) is 2.11. The molecule has 66 valence electrons. The van der Waals surface area contributed by atoms with Crippen LogP contribution < -0.4 is 0 Å². The van der Waals surface area contributed by atoms with Crippen molar-refractivity contribution in [2.75, 3.05) is 7.05 Å². The van der Waals surface area contributed by atoms with E-state index in [9.17, 15) is 0 Å². The van der Waals surface area contributed by atoms with Crippen molar-refractivity contribution in [2.45, 2.75) is 52.1 Å². The van der Waals surface area contributed by atoms with Crippen LogP contribution in [0.4, 0.5) is 0 Å². The molecule has 1 aliphatic rings. The highest BCUT2D eigenvalue weighted by molar-refractivity contribution is 4.82. The summed E-state index contributed by atoms with van der Waals surface area (Å²) in [6.45, 7) is 6.95. The van der Waals surface area contributed by atoms with Crippen molar-refractivity contribution in [2.24, 2.45) is 5.92 Å². The van der Waals surface area contributed by atoms with Crippen molar-refractivity contribution in [3.63, 3.8) is 0 Å². The SMILES string of the molecule is CC1CCCC1N(C)C(C)C. The van der Waals surface area contributed by atoms with E-state index in [1.54, 1.807) is 0 Å². The molecule has 1 nitrogen and oxygen atoms in total. The van der Waals surface area contributed by atoms with Gasteiger partial charge in [0.25, 0.3) is 0 Å². The van der Waals surface area contributed by atoms with Crippen LogP contribution in [0.3, 0.4) is 0 Å². The van der Waals surface area contributed by atoms with E-state index in [0.29, 0.717) is 6.04 Å². The summed E-state index contributed by atoms with van der Waals surface area (Å²) in [4.78, 5) is 2.53. The van der Waals surface area contributed by atoms with Gasteiger partial charge in [0.05, 0.1) is 0 Å². The van der Waals surface area contributed by atoms with Crippen molar-refractivity contribution < 1.29 is 0 Å². The highest BCUT2D eigenvalue weighted by Gasteiger charge is 2.27. The minimum atomic E-state index is 0.709. The molecule has 1 fully saturated rings. The number of nitrogens with zero attached hydrogens (tertiary/aromatic N) is 1. The summed E-state index contributed by atoms with van der Waals surface area (Å²) in [6, 6.07) is 1.57. The molecule has 2 unspecified atom stereocenters. The summed E-state index contributed by atoms with van der Waals surface area (Å²) in [6.07, 6.45) is 4.28. The largest absolute Gasteiger partial charge is 0.301 e. The number of hydrogen-bond donors (Lipinski definition) is 0. The first-order chi connectivity index (χ1) is 5.13. The van der Waals surface area contributed by atoms with Crippen molar-refractivity contribution in [3.8, 4) is 0 Å². The zero-order valence-corrected chi connectivity index (χ0v) is 8.30. The lowest BCUT2D eigenvalue weighted by Gasteiger charge is -2.31. The average molecular weight is 155 g/mol. The lowest BCUT2D eigenvalue weighted by Crippen LogP contribution is -2.38. The average Bonchev–Trinajstić information content (AvgIpc) is 2.33. The smallest absolute Gasteiger partial charge is 0.0120 e. The van der Waals surface area contributed by atoms with Crippen LogP contribution in [0.2, 0.25) is 0 Å². The molecule has 0 radical (unpaired) electrons. The third kappa shape index (κ3) is 1.96. The molecule has 0 aromatic carbocycles. The molecule has 0 aromatic heterocycles. The lowest BCUT2D eigenvalue weighted by molar-refractivity contribution is 0.165. The summed E-state index contributed by atoms with van der Waals surface area (Å²) < 4.78 is 0. The second kappa shape index (κ2) is 3.57. The van der Waals surface area contributed by atoms with Crippen LogP contribution in [-0.2, 0) is 0 Å². The van der Waals surface area contributed by atoms with E-state index >= 15 is 0 Å². The van der Waals surface area contributed by atoms with Crippen LogP contribution >= 0.6 is 0 Å². The zero-order valence-electron chi connectivity index (χ0n) is 8.30. The third-order valence-corrected chi connectivity index (χ3v) is 3.15. The van der Waals surface area contributed by atoms with Gasteiger partial charge in [0, 0.05) is 12.1 Å². The van der Waals surface area contributed by atoms with E-state index in [1.807, 2.05) is 0 Å². The van der Waals surface area contributed by atoms with Gasteiger partial charge < -0.3 is 4.90 Å². The van der Waals surface area contributed by atoms with Crippen LogP contribution in [-0.4, -0.2) is 24.0 Å². The van der Waals surface area contributed by atoms with E-state index < -0.39 is 0 Å². The molecule has 0 saturated heterocycles. The fraction of sp³-hybridized carbons (Fsp3) is 1.00. The van der Waals surface area contributed by atoms with Crippen molar-refractivity contribution in [3.05, 3.63) is 0 Å². The van der Waals surface area contributed by atoms with Gasteiger partial charge in [-0.1, -0.05) is 13.3 Å². The topological polar surface area (TPSA) is 3.24 Å². The molecule has 0 aromatic rings. The lowest BCUT2D eigenvalue weighted by atomic mass is 10.0. The number of hydrogen-bond acceptors (Lipinski definition) is 1. The predicted molar refractivity (Wildman–Crippen MR) is 49.7 cm³/mol. The predicted octanol–water partition coefficient (Wildman–Crippen LogP) is 2.52. The Kier molecular flexibility index (Phi) is 2.94. The standard InChI is InChI=1S/C10H21N/c1-8(2)11(4)10-7-5-6-9(10)3/h8-10H,5-7H2,1-4H3. The van der Waals surface area contributed by atoms with E-state index in [-0.39, 0.29) is 0 Å². The monoisotopic (exact) mass is 155 g/mol. The van der Waals surface area contributed by atoms with Crippen molar-refractivity contribution >= 4 is 0 Å². The fourth-order valence-electron chi connectivity index (χ4n) is 2.11. The molecule has 0 spiro atoms. The first-order valence-corrected chi connectivity index (χ1v) is 4.85. The molecular weight excluding hydrogens is 134 g/mol.